The summed E-state index contributed by atoms with van der Waals surface area (Å²) >= 11 is 0.753. The van der Waals surface area contributed by atoms with Gasteiger partial charge in [-0.3, -0.25) is 19.3 Å². The normalized spacial score (nSPS) is 15.1. The molecule has 1 aliphatic heterocycles. The van der Waals surface area contributed by atoms with Crippen molar-refractivity contribution in [3.8, 4) is 17.2 Å². The van der Waals surface area contributed by atoms with Crippen LogP contribution in [0.3, 0.4) is 0 Å². The fraction of sp³-hybridized carbons (Fsp3) is 0.421. The second kappa shape index (κ2) is 10.0. The van der Waals surface area contributed by atoms with Crippen LogP contribution in [0.5, 0.6) is 17.2 Å². The first-order valence-electron chi connectivity index (χ1n) is 8.66. The Morgan fingerprint density at radius 2 is 1.71 bits per heavy atom. The molecule has 9 heteroatoms. The molecule has 0 bridgehead atoms. The number of rotatable bonds is 9. The minimum atomic E-state index is -0.610. The van der Waals surface area contributed by atoms with Crippen molar-refractivity contribution in [2.75, 3.05) is 34.5 Å². The third-order valence-electron chi connectivity index (χ3n) is 3.94. The van der Waals surface area contributed by atoms with E-state index in [2.05, 4.69) is 0 Å². The van der Waals surface area contributed by atoms with Crippen molar-refractivity contribution >= 4 is 35.0 Å². The molecule has 2 rings (SSSR count). The summed E-state index contributed by atoms with van der Waals surface area (Å²) in [5.74, 6) is 0.205. The van der Waals surface area contributed by atoms with Gasteiger partial charge in [-0.05, 0) is 30.3 Å². The van der Waals surface area contributed by atoms with Crippen molar-refractivity contribution in [2.45, 2.75) is 19.8 Å². The van der Waals surface area contributed by atoms with Crippen molar-refractivity contribution in [1.82, 2.24) is 4.90 Å². The van der Waals surface area contributed by atoms with Crippen LogP contribution in [0.1, 0.15) is 25.3 Å². The SMILES string of the molecule is CCCCOC(=O)CN1C(=O)S/C(=C/c2cc(OC)c(OC)cc2OC)C1=O. The van der Waals surface area contributed by atoms with E-state index >= 15 is 0 Å². The molecule has 2 amide bonds. The summed E-state index contributed by atoms with van der Waals surface area (Å²) < 4.78 is 20.9. The zero-order valence-electron chi connectivity index (χ0n) is 16.3. The Kier molecular flexibility index (Phi) is 7.74. The van der Waals surface area contributed by atoms with E-state index in [1.54, 1.807) is 12.1 Å². The van der Waals surface area contributed by atoms with E-state index in [4.69, 9.17) is 18.9 Å². The Morgan fingerprint density at radius 3 is 2.32 bits per heavy atom. The summed E-state index contributed by atoms with van der Waals surface area (Å²) in [5.41, 5.74) is 0.538. The molecule has 28 heavy (non-hydrogen) atoms. The van der Waals surface area contributed by atoms with Crippen LogP contribution >= 0.6 is 11.8 Å². The number of esters is 1. The van der Waals surface area contributed by atoms with E-state index in [9.17, 15) is 14.4 Å². The highest BCUT2D eigenvalue weighted by atomic mass is 32.2. The fourth-order valence-electron chi connectivity index (χ4n) is 2.45. The highest BCUT2D eigenvalue weighted by Gasteiger charge is 2.37. The van der Waals surface area contributed by atoms with Gasteiger partial charge in [-0.1, -0.05) is 13.3 Å². The first-order valence-corrected chi connectivity index (χ1v) is 9.47. The number of hydrogen-bond acceptors (Lipinski definition) is 8. The van der Waals surface area contributed by atoms with E-state index in [1.807, 2.05) is 6.92 Å². The molecule has 0 aromatic heterocycles. The van der Waals surface area contributed by atoms with Crippen LogP contribution in [0.15, 0.2) is 17.0 Å². The standard InChI is InChI=1S/C19H23NO7S/c1-5-6-7-27-17(21)11-20-18(22)16(28-19(20)23)9-12-8-14(25-3)15(26-4)10-13(12)24-2/h8-10H,5-7,11H2,1-4H3/b16-9+. The molecular weight excluding hydrogens is 386 g/mol. The maximum atomic E-state index is 12.6. The molecule has 1 fully saturated rings. The molecular formula is C19H23NO7S. The largest absolute Gasteiger partial charge is 0.496 e. The molecule has 0 atom stereocenters. The lowest BCUT2D eigenvalue weighted by molar-refractivity contribution is -0.146. The van der Waals surface area contributed by atoms with Crippen LogP contribution in [0.25, 0.3) is 6.08 Å². The smallest absolute Gasteiger partial charge is 0.326 e. The number of imide groups is 1. The van der Waals surface area contributed by atoms with Crippen molar-refractivity contribution in [1.29, 1.82) is 0 Å². The zero-order chi connectivity index (χ0) is 20.7. The van der Waals surface area contributed by atoms with Crippen LogP contribution in [0, 0.1) is 0 Å². The average Bonchev–Trinajstić information content (AvgIpc) is 2.95. The van der Waals surface area contributed by atoms with Gasteiger partial charge in [-0.25, -0.2) is 0 Å². The van der Waals surface area contributed by atoms with Crippen molar-refractivity contribution in [3.63, 3.8) is 0 Å². The molecule has 1 aliphatic rings. The van der Waals surface area contributed by atoms with Gasteiger partial charge in [-0.15, -0.1) is 0 Å². The number of methoxy groups -OCH3 is 3. The van der Waals surface area contributed by atoms with E-state index in [-0.39, 0.29) is 11.5 Å². The number of carbonyl (C=O) groups excluding carboxylic acids is 3. The fourth-order valence-corrected chi connectivity index (χ4v) is 3.28. The molecule has 0 N–H and O–H groups in total. The van der Waals surface area contributed by atoms with Crippen LogP contribution in [-0.2, 0) is 14.3 Å². The summed E-state index contributed by atoms with van der Waals surface area (Å²) in [7, 11) is 4.48. The van der Waals surface area contributed by atoms with Crippen molar-refractivity contribution in [2.24, 2.45) is 0 Å². The molecule has 0 spiro atoms. The highest BCUT2D eigenvalue weighted by molar-refractivity contribution is 8.18. The van der Waals surface area contributed by atoms with Gasteiger partial charge >= 0.3 is 5.97 Å². The van der Waals surface area contributed by atoms with Crippen molar-refractivity contribution < 1.29 is 33.3 Å². The minimum absolute atomic E-state index is 0.178. The van der Waals surface area contributed by atoms with Crippen molar-refractivity contribution in [3.05, 3.63) is 22.6 Å². The molecule has 0 saturated carbocycles. The quantitative estimate of drug-likeness (QED) is 0.349. The second-order valence-corrected chi connectivity index (χ2v) is 6.78. The molecule has 8 nitrogen and oxygen atoms in total. The van der Waals surface area contributed by atoms with E-state index in [0.29, 0.717) is 22.8 Å². The Balaban J connectivity index is 2.22. The number of ether oxygens (including phenoxy) is 4. The molecule has 0 aliphatic carbocycles. The van der Waals surface area contributed by atoms with E-state index in [0.717, 1.165) is 29.5 Å². The third-order valence-corrected chi connectivity index (χ3v) is 4.85. The number of carbonyl (C=O) groups is 3. The predicted molar refractivity (Wildman–Crippen MR) is 105 cm³/mol. The molecule has 152 valence electrons. The Morgan fingerprint density at radius 1 is 1.07 bits per heavy atom. The van der Waals surface area contributed by atoms with Crippen LogP contribution in [0.2, 0.25) is 0 Å². The predicted octanol–water partition coefficient (Wildman–Crippen LogP) is 3.09. The number of unbranched alkanes of at least 4 members (excludes halogenated alkanes) is 1. The highest BCUT2D eigenvalue weighted by Crippen LogP contribution is 2.38. The first kappa shape index (κ1) is 21.6. The Hall–Kier alpha value is -2.68. The molecule has 0 unspecified atom stereocenters. The van der Waals surface area contributed by atoms with E-state index in [1.165, 1.54) is 27.4 Å². The summed E-state index contributed by atoms with van der Waals surface area (Å²) in [6.45, 7) is 1.83. The summed E-state index contributed by atoms with van der Waals surface area (Å²) in [5, 5.41) is -0.525. The minimum Gasteiger partial charge on any atom is -0.496 e. The van der Waals surface area contributed by atoms with Gasteiger partial charge in [0.05, 0.1) is 32.8 Å². The summed E-state index contributed by atoms with van der Waals surface area (Å²) in [6, 6.07) is 3.27. The Labute approximate surface area is 167 Å². The van der Waals surface area contributed by atoms with Gasteiger partial charge < -0.3 is 18.9 Å². The van der Waals surface area contributed by atoms with Crippen LogP contribution < -0.4 is 14.2 Å². The Bertz CT molecular complexity index is 791. The van der Waals surface area contributed by atoms with Gasteiger partial charge in [-0.2, -0.15) is 0 Å². The van der Waals surface area contributed by atoms with Gasteiger partial charge in [0.1, 0.15) is 12.3 Å². The number of amides is 2. The number of benzene rings is 1. The first-order chi connectivity index (χ1) is 13.4. The van der Waals surface area contributed by atoms with Gasteiger partial charge in [0, 0.05) is 11.6 Å². The maximum Gasteiger partial charge on any atom is 0.326 e. The molecule has 1 aromatic rings. The third kappa shape index (κ3) is 4.98. The maximum absolute atomic E-state index is 12.6. The number of nitrogens with zero attached hydrogens (tertiary/aromatic N) is 1. The lowest BCUT2D eigenvalue weighted by atomic mass is 10.1. The molecule has 1 aromatic carbocycles. The second-order valence-electron chi connectivity index (χ2n) is 5.79. The van der Waals surface area contributed by atoms with Gasteiger partial charge in [0.2, 0.25) is 0 Å². The zero-order valence-corrected chi connectivity index (χ0v) is 17.1. The number of thioether (sulfide) groups is 1. The van der Waals surface area contributed by atoms with Gasteiger partial charge in [0.25, 0.3) is 11.1 Å². The lowest BCUT2D eigenvalue weighted by Gasteiger charge is -2.13. The molecule has 0 radical (unpaired) electrons. The van der Waals surface area contributed by atoms with E-state index < -0.39 is 23.7 Å². The molecule has 1 heterocycles. The summed E-state index contributed by atoms with van der Waals surface area (Å²) in [4.78, 5) is 37.6. The van der Waals surface area contributed by atoms with Crippen LogP contribution in [-0.4, -0.2) is 56.5 Å². The molecule has 1 saturated heterocycles. The average molecular weight is 409 g/mol. The summed E-state index contributed by atoms with van der Waals surface area (Å²) in [6.07, 6.45) is 3.13. The number of hydrogen-bond donors (Lipinski definition) is 0. The lowest BCUT2D eigenvalue weighted by Crippen LogP contribution is -2.34. The monoisotopic (exact) mass is 409 g/mol. The van der Waals surface area contributed by atoms with Gasteiger partial charge in [0.15, 0.2) is 11.5 Å². The van der Waals surface area contributed by atoms with Crippen LogP contribution in [0.4, 0.5) is 4.79 Å². The topological polar surface area (TPSA) is 91.4 Å².